The molecule has 1 unspecified atom stereocenters. The molecule has 0 saturated carbocycles. The second-order valence-electron chi connectivity index (χ2n) is 5.63. The Balaban J connectivity index is 1.82. The first-order valence-electron chi connectivity index (χ1n) is 7.33. The summed E-state index contributed by atoms with van der Waals surface area (Å²) in [7, 11) is -3.25. The Hall–Kier alpha value is -1.47. The van der Waals surface area contributed by atoms with Crippen LogP contribution in [-0.2, 0) is 21.2 Å². The first-order chi connectivity index (χ1) is 10.4. The van der Waals surface area contributed by atoms with Crippen LogP contribution in [0.3, 0.4) is 0 Å². The van der Waals surface area contributed by atoms with E-state index in [1.807, 2.05) is 0 Å². The van der Waals surface area contributed by atoms with Gasteiger partial charge in [-0.3, -0.25) is 4.79 Å². The fourth-order valence-electron chi connectivity index (χ4n) is 2.62. The molecule has 7 heteroatoms. The SMILES string of the molecule is CS(=O)(=O)N1CCCC(C(=O)NCCc2cccc(F)c2)C1. The second kappa shape index (κ2) is 7.19. The van der Waals surface area contributed by atoms with Crippen molar-refractivity contribution in [3.05, 3.63) is 35.6 Å². The van der Waals surface area contributed by atoms with Crippen LogP contribution in [0.1, 0.15) is 18.4 Å². The standard InChI is InChI=1S/C15H21FN2O3S/c1-22(20,21)18-9-3-5-13(11-18)15(19)17-8-7-12-4-2-6-14(16)10-12/h2,4,6,10,13H,3,5,7-9,11H2,1H3,(H,17,19). The molecule has 1 atom stereocenters. The van der Waals surface area contributed by atoms with Gasteiger partial charge in [0.1, 0.15) is 5.82 Å². The first-order valence-corrected chi connectivity index (χ1v) is 9.18. The molecule has 22 heavy (non-hydrogen) atoms. The van der Waals surface area contributed by atoms with E-state index < -0.39 is 10.0 Å². The Morgan fingerprint density at radius 3 is 2.91 bits per heavy atom. The van der Waals surface area contributed by atoms with Crippen molar-refractivity contribution < 1.29 is 17.6 Å². The van der Waals surface area contributed by atoms with E-state index in [0.717, 1.165) is 11.8 Å². The average molecular weight is 328 g/mol. The van der Waals surface area contributed by atoms with E-state index in [9.17, 15) is 17.6 Å². The van der Waals surface area contributed by atoms with Crippen LogP contribution in [0.25, 0.3) is 0 Å². The van der Waals surface area contributed by atoms with Crippen LogP contribution >= 0.6 is 0 Å². The lowest BCUT2D eigenvalue weighted by Crippen LogP contribution is -2.45. The van der Waals surface area contributed by atoms with Crippen LogP contribution < -0.4 is 5.32 Å². The highest BCUT2D eigenvalue weighted by atomic mass is 32.2. The smallest absolute Gasteiger partial charge is 0.224 e. The predicted molar refractivity (Wildman–Crippen MR) is 82.3 cm³/mol. The lowest BCUT2D eigenvalue weighted by Gasteiger charge is -2.30. The van der Waals surface area contributed by atoms with Gasteiger partial charge in [0.25, 0.3) is 0 Å². The molecular formula is C15H21FN2O3S. The first kappa shape index (κ1) is 16.9. The van der Waals surface area contributed by atoms with Crippen molar-refractivity contribution in [1.29, 1.82) is 0 Å². The quantitative estimate of drug-likeness (QED) is 0.882. The Morgan fingerprint density at radius 2 is 2.23 bits per heavy atom. The maximum Gasteiger partial charge on any atom is 0.224 e. The number of hydrogen-bond donors (Lipinski definition) is 1. The zero-order valence-corrected chi connectivity index (χ0v) is 13.4. The number of carbonyl (C=O) groups is 1. The normalized spacial score (nSPS) is 19.8. The molecule has 1 heterocycles. The molecule has 1 aromatic carbocycles. The van der Waals surface area contributed by atoms with E-state index in [2.05, 4.69) is 5.32 Å². The number of nitrogens with one attached hydrogen (secondary N) is 1. The molecule has 5 nitrogen and oxygen atoms in total. The molecular weight excluding hydrogens is 307 g/mol. The van der Waals surface area contributed by atoms with Crippen molar-refractivity contribution in [1.82, 2.24) is 9.62 Å². The molecule has 1 N–H and O–H groups in total. The molecule has 2 rings (SSSR count). The molecule has 0 spiro atoms. The summed E-state index contributed by atoms with van der Waals surface area (Å²) < 4.78 is 37.5. The number of rotatable bonds is 5. The number of nitrogens with zero attached hydrogens (tertiary/aromatic N) is 1. The van der Waals surface area contributed by atoms with Crippen molar-refractivity contribution in [2.24, 2.45) is 5.92 Å². The molecule has 0 aliphatic carbocycles. The maximum atomic E-state index is 13.0. The molecule has 1 aliphatic rings. The zero-order chi connectivity index (χ0) is 16.2. The summed E-state index contributed by atoms with van der Waals surface area (Å²) in [6.07, 6.45) is 3.09. The number of hydrogen-bond acceptors (Lipinski definition) is 3. The number of carbonyl (C=O) groups excluding carboxylic acids is 1. The van der Waals surface area contributed by atoms with Crippen molar-refractivity contribution >= 4 is 15.9 Å². The lowest BCUT2D eigenvalue weighted by molar-refractivity contribution is -0.126. The van der Waals surface area contributed by atoms with E-state index >= 15 is 0 Å². The molecule has 0 aromatic heterocycles. The number of amides is 1. The molecule has 0 radical (unpaired) electrons. The highest BCUT2D eigenvalue weighted by Crippen LogP contribution is 2.18. The Morgan fingerprint density at radius 1 is 1.45 bits per heavy atom. The predicted octanol–water partition coefficient (Wildman–Crippen LogP) is 1.16. The van der Waals surface area contributed by atoms with Gasteiger partial charge in [0.2, 0.25) is 15.9 Å². The molecule has 1 saturated heterocycles. The van der Waals surface area contributed by atoms with Gasteiger partial charge in [-0.2, -0.15) is 0 Å². The number of halogens is 1. The monoisotopic (exact) mass is 328 g/mol. The number of sulfonamides is 1. The van der Waals surface area contributed by atoms with Gasteiger partial charge in [-0.15, -0.1) is 0 Å². The Labute approximate surface area is 130 Å². The van der Waals surface area contributed by atoms with Gasteiger partial charge >= 0.3 is 0 Å². The van der Waals surface area contributed by atoms with Gasteiger partial charge in [0, 0.05) is 19.6 Å². The minimum Gasteiger partial charge on any atom is -0.355 e. The zero-order valence-electron chi connectivity index (χ0n) is 12.6. The highest BCUT2D eigenvalue weighted by molar-refractivity contribution is 7.88. The molecule has 0 bridgehead atoms. The van der Waals surface area contributed by atoms with Crippen molar-refractivity contribution in [3.63, 3.8) is 0 Å². The highest BCUT2D eigenvalue weighted by Gasteiger charge is 2.29. The molecule has 1 amide bonds. The van der Waals surface area contributed by atoms with E-state index in [0.29, 0.717) is 32.4 Å². The van der Waals surface area contributed by atoms with E-state index in [4.69, 9.17) is 0 Å². The van der Waals surface area contributed by atoms with Gasteiger partial charge in [-0.05, 0) is 37.0 Å². The fraction of sp³-hybridized carbons (Fsp3) is 0.533. The fourth-order valence-corrected chi connectivity index (χ4v) is 3.54. The number of piperidine rings is 1. The summed E-state index contributed by atoms with van der Waals surface area (Å²) in [5.74, 6) is -0.736. The van der Waals surface area contributed by atoms with E-state index in [1.165, 1.54) is 16.4 Å². The summed E-state index contributed by atoms with van der Waals surface area (Å²) in [5, 5.41) is 2.81. The van der Waals surface area contributed by atoms with Crippen LogP contribution in [0.5, 0.6) is 0 Å². The minimum atomic E-state index is -3.25. The van der Waals surface area contributed by atoms with Crippen LogP contribution in [0.2, 0.25) is 0 Å². The lowest BCUT2D eigenvalue weighted by atomic mass is 9.99. The summed E-state index contributed by atoms with van der Waals surface area (Å²) >= 11 is 0. The minimum absolute atomic E-state index is 0.134. The van der Waals surface area contributed by atoms with Crippen LogP contribution in [0.4, 0.5) is 4.39 Å². The largest absolute Gasteiger partial charge is 0.355 e. The molecule has 1 fully saturated rings. The van der Waals surface area contributed by atoms with E-state index in [1.54, 1.807) is 12.1 Å². The average Bonchev–Trinajstić information content (AvgIpc) is 2.46. The van der Waals surface area contributed by atoms with Crippen LogP contribution in [0, 0.1) is 11.7 Å². The van der Waals surface area contributed by atoms with Crippen molar-refractivity contribution in [2.45, 2.75) is 19.3 Å². The molecule has 1 aliphatic heterocycles. The van der Waals surface area contributed by atoms with Gasteiger partial charge in [0.05, 0.1) is 12.2 Å². The second-order valence-corrected chi connectivity index (χ2v) is 7.61. The Bertz CT molecular complexity index is 633. The third kappa shape index (κ3) is 4.78. The summed E-state index contributed by atoms with van der Waals surface area (Å²) in [6, 6.07) is 6.26. The van der Waals surface area contributed by atoms with Gasteiger partial charge < -0.3 is 5.32 Å². The van der Waals surface area contributed by atoms with Gasteiger partial charge in [-0.1, -0.05) is 12.1 Å². The van der Waals surface area contributed by atoms with Crippen molar-refractivity contribution in [3.8, 4) is 0 Å². The van der Waals surface area contributed by atoms with E-state index in [-0.39, 0.29) is 24.2 Å². The topological polar surface area (TPSA) is 66.5 Å². The van der Waals surface area contributed by atoms with Gasteiger partial charge in [0.15, 0.2) is 0 Å². The molecule has 122 valence electrons. The van der Waals surface area contributed by atoms with Crippen molar-refractivity contribution in [2.75, 3.05) is 25.9 Å². The molecule has 1 aromatic rings. The summed E-state index contributed by atoms with van der Waals surface area (Å²) in [5.41, 5.74) is 0.821. The summed E-state index contributed by atoms with van der Waals surface area (Å²) in [6.45, 7) is 1.13. The van der Waals surface area contributed by atoms with Crippen LogP contribution in [-0.4, -0.2) is 44.5 Å². The summed E-state index contributed by atoms with van der Waals surface area (Å²) in [4.78, 5) is 12.1. The third-order valence-corrected chi connectivity index (χ3v) is 5.10. The van der Waals surface area contributed by atoms with Gasteiger partial charge in [-0.25, -0.2) is 17.1 Å². The maximum absolute atomic E-state index is 13.0. The third-order valence-electron chi connectivity index (χ3n) is 3.83. The Kier molecular flexibility index (Phi) is 5.52. The van der Waals surface area contributed by atoms with Crippen LogP contribution in [0.15, 0.2) is 24.3 Å². The number of benzene rings is 1.